The van der Waals surface area contributed by atoms with Gasteiger partial charge >= 0.3 is 0 Å². The van der Waals surface area contributed by atoms with Gasteiger partial charge in [-0.05, 0) is 26.0 Å². The first-order valence-electron chi connectivity index (χ1n) is 8.10. The molecule has 1 aliphatic rings. The lowest BCUT2D eigenvalue weighted by Gasteiger charge is -2.19. The van der Waals surface area contributed by atoms with Crippen LogP contribution in [-0.4, -0.2) is 54.6 Å². The van der Waals surface area contributed by atoms with Crippen LogP contribution in [0.25, 0.3) is 15.5 Å². The lowest BCUT2D eigenvalue weighted by atomic mass is 10.1. The first kappa shape index (κ1) is 17.3. The first-order valence-corrected chi connectivity index (χ1v) is 8.92. The maximum Gasteiger partial charge on any atom is 0.235 e. The number of hydrogen-bond acceptors (Lipinski definition) is 9. The highest BCUT2D eigenvalue weighted by Gasteiger charge is 2.47. The van der Waals surface area contributed by atoms with Crippen LogP contribution in [-0.2, 0) is 9.47 Å². The molecule has 4 rings (SSSR count). The topological polar surface area (TPSA) is 128 Å². The van der Waals surface area contributed by atoms with Crippen molar-refractivity contribution in [1.29, 1.82) is 0 Å². The lowest BCUT2D eigenvalue weighted by Crippen LogP contribution is -2.35. The molecule has 10 heteroatoms. The Bertz CT molecular complexity index is 940. The Morgan fingerprint density at radius 3 is 2.88 bits per heavy atom. The summed E-state index contributed by atoms with van der Waals surface area (Å²) in [5.41, 5.74) is 7.37. The molecule has 9 nitrogen and oxygen atoms in total. The summed E-state index contributed by atoms with van der Waals surface area (Å²) in [4.78, 5) is 0.586. The number of benzene rings is 1. The highest BCUT2D eigenvalue weighted by Crippen LogP contribution is 2.39. The van der Waals surface area contributed by atoms with Crippen molar-refractivity contribution in [3.05, 3.63) is 30.1 Å². The van der Waals surface area contributed by atoms with Gasteiger partial charge in [-0.1, -0.05) is 23.5 Å². The predicted molar refractivity (Wildman–Crippen MR) is 94.4 cm³/mol. The van der Waals surface area contributed by atoms with Gasteiger partial charge in [-0.25, -0.2) is 0 Å². The zero-order valence-electron chi connectivity index (χ0n) is 14.2. The van der Waals surface area contributed by atoms with Crippen molar-refractivity contribution < 1.29 is 19.7 Å². The number of anilines is 1. The number of aliphatic hydroxyl groups excluding tert-OH is 2. The SMILES string of the molecule is CC1(C)O[C@H]([C@H](O)CO)[C@@H](c2nnc3sc(-c4cccc(N)c4)nn23)O1. The third-order valence-electron chi connectivity index (χ3n) is 4.10. The van der Waals surface area contributed by atoms with Crippen LogP contribution in [0.1, 0.15) is 25.8 Å². The van der Waals surface area contributed by atoms with E-state index in [1.807, 2.05) is 24.3 Å². The van der Waals surface area contributed by atoms with E-state index in [0.29, 0.717) is 16.5 Å². The van der Waals surface area contributed by atoms with E-state index in [4.69, 9.17) is 15.2 Å². The van der Waals surface area contributed by atoms with E-state index in [0.717, 1.165) is 10.6 Å². The van der Waals surface area contributed by atoms with Crippen molar-refractivity contribution in [2.75, 3.05) is 12.3 Å². The molecule has 138 valence electrons. The maximum absolute atomic E-state index is 10.1. The van der Waals surface area contributed by atoms with Crippen molar-refractivity contribution >= 4 is 22.0 Å². The van der Waals surface area contributed by atoms with E-state index in [9.17, 15) is 10.2 Å². The van der Waals surface area contributed by atoms with Crippen LogP contribution in [0.15, 0.2) is 24.3 Å². The van der Waals surface area contributed by atoms with E-state index in [1.54, 1.807) is 18.4 Å². The highest BCUT2D eigenvalue weighted by molar-refractivity contribution is 7.19. The van der Waals surface area contributed by atoms with Crippen LogP contribution in [0.5, 0.6) is 0 Å². The number of aliphatic hydroxyl groups is 2. The molecule has 0 aliphatic carbocycles. The maximum atomic E-state index is 10.1. The molecular weight excluding hydrogens is 358 g/mol. The van der Waals surface area contributed by atoms with Crippen LogP contribution in [0, 0.1) is 0 Å². The molecule has 0 radical (unpaired) electrons. The molecule has 0 amide bonds. The molecule has 0 saturated carbocycles. The molecule has 0 bridgehead atoms. The van der Waals surface area contributed by atoms with Gasteiger partial charge in [0.2, 0.25) is 4.96 Å². The minimum atomic E-state index is -1.11. The predicted octanol–water partition coefficient (Wildman–Crippen LogP) is 0.981. The monoisotopic (exact) mass is 377 g/mol. The molecule has 0 unspecified atom stereocenters. The van der Waals surface area contributed by atoms with Gasteiger partial charge in [0.25, 0.3) is 0 Å². The van der Waals surface area contributed by atoms with Gasteiger partial charge in [0.05, 0.1) is 6.61 Å². The highest BCUT2D eigenvalue weighted by atomic mass is 32.1. The summed E-state index contributed by atoms with van der Waals surface area (Å²) in [5.74, 6) is -0.515. The van der Waals surface area contributed by atoms with Gasteiger partial charge in [0.15, 0.2) is 17.7 Å². The van der Waals surface area contributed by atoms with Gasteiger partial charge in [-0.3, -0.25) is 0 Å². The molecule has 1 aliphatic heterocycles. The Kier molecular flexibility index (Phi) is 4.16. The van der Waals surface area contributed by atoms with Gasteiger partial charge in [0, 0.05) is 11.3 Å². The second-order valence-corrected chi connectivity index (χ2v) is 7.51. The van der Waals surface area contributed by atoms with E-state index in [2.05, 4.69) is 15.3 Å². The molecule has 3 atom stereocenters. The van der Waals surface area contributed by atoms with E-state index in [1.165, 1.54) is 11.3 Å². The normalized spacial score (nSPS) is 23.5. The molecule has 2 aromatic heterocycles. The standard InChI is InChI=1S/C16H19N5O4S/c1-16(2)24-11(10(23)7-22)12(25-16)13-18-19-15-21(13)20-14(26-15)8-4-3-5-9(17)6-8/h3-6,10-12,22-23H,7,17H2,1-2H3/t10-,11-,12+/m1/s1. The zero-order chi connectivity index (χ0) is 18.5. The summed E-state index contributed by atoms with van der Waals surface area (Å²) in [6.07, 6.45) is -2.60. The van der Waals surface area contributed by atoms with Crippen LogP contribution >= 0.6 is 11.3 Å². The molecule has 3 aromatic rings. The molecule has 1 aromatic carbocycles. The minimum Gasteiger partial charge on any atom is -0.399 e. The van der Waals surface area contributed by atoms with Crippen LogP contribution in [0.3, 0.4) is 0 Å². The number of aromatic nitrogens is 4. The fourth-order valence-electron chi connectivity index (χ4n) is 2.97. The van der Waals surface area contributed by atoms with Crippen LogP contribution < -0.4 is 5.73 Å². The Labute approximate surface area is 153 Å². The van der Waals surface area contributed by atoms with Crippen LogP contribution in [0.2, 0.25) is 0 Å². The smallest absolute Gasteiger partial charge is 0.235 e. The summed E-state index contributed by atoms with van der Waals surface area (Å²) in [6, 6.07) is 7.42. The molecule has 4 N–H and O–H groups in total. The Hall–Kier alpha value is -2.11. The largest absolute Gasteiger partial charge is 0.399 e. The number of nitrogens with zero attached hydrogens (tertiary/aromatic N) is 4. The number of nitrogens with two attached hydrogens (primary N) is 1. The van der Waals surface area contributed by atoms with E-state index in [-0.39, 0.29) is 0 Å². The van der Waals surface area contributed by atoms with Crippen LogP contribution in [0.4, 0.5) is 5.69 Å². The fourth-order valence-corrected chi connectivity index (χ4v) is 3.81. The Morgan fingerprint density at radius 2 is 2.15 bits per heavy atom. The van der Waals surface area contributed by atoms with Crippen molar-refractivity contribution in [2.45, 2.75) is 37.9 Å². The number of hydrogen-bond donors (Lipinski definition) is 3. The van der Waals surface area contributed by atoms with Crippen molar-refractivity contribution in [3.63, 3.8) is 0 Å². The van der Waals surface area contributed by atoms with Crippen molar-refractivity contribution in [1.82, 2.24) is 19.8 Å². The summed E-state index contributed by atoms with van der Waals surface area (Å²) < 4.78 is 13.2. The van der Waals surface area contributed by atoms with Crippen molar-refractivity contribution in [3.8, 4) is 10.6 Å². The summed E-state index contributed by atoms with van der Waals surface area (Å²) in [5, 5.41) is 33.0. The summed E-state index contributed by atoms with van der Waals surface area (Å²) in [7, 11) is 0. The lowest BCUT2D eigenvalue weighted by molar-refractivity contribution is -0.158. The summed E-state index contributed by atoms with van der Waals surface area (Å²) >= 11 is 1.37. The first-order chi connectivity index (χ1) is 12.4. The number of nitrogen functional groups attached to an aromatic ring is 1. The second-order valence-electron chi connectivity index (χ2n) is 6.56. The molecule has 1 saturated heterocycles. The average molecular weight is 377 g/mol. The molecule has 26 heavy (non-hydrogen) atoms. The van der Waals surface area contributed by atoms with Gasteiger partial charge in [0.1, 0.15) is 17.2 Å². The number of rotatable bonds is 4. The molecule has 3 heterocycles. The molecule has 0 spiro atoms. The van der Waals surface area contributed by atoms with Gasteiger partial charge in [-0.2, -0.15) is 9.61 Å². The third-order valence-corrected chi connectivity index (χ3v) is 5.05. The van der Waals surface area contributed by atoms with E-state index < -0.39 is 30.7 Å². The number of fused-ring (bicyclic) bond motifs is 1. The zero-order valence-corrected chi connectivity index (χ0v) is 15.1. The van der Waals surface area contributed by atoms with Crippen molar-refractivity contribution in [2.24, 2.45) is 0 Å². The molecular formula is C16H19N5O4S. The average Bonchev–Trinajstić information content (AvgIpc) is 3.25. The Morgan fingerprint density at radius 1 is 1.35 bits per heavy atom. The third kappa shape index (κ3) is 2.95. The van der Waals surface area contributed by atoms with Gasteiger partial charge in [-0.15, -0.1) is 10.2 Å². The fraction of sp³-hybridized carbons (Fsp3) is 0.438. The quantitative estimate of drug-likeness (QED) is 0.574. The molecule has 1 fully saturated rings. The minimum absolute atomic E-state index is 0.412. The summed E-state index contributed by atoms with van der Waals surface area (Å²) in [6.45, 7) is 3.03. The second kappa shape index (κ2) is 6.25. The Balaban J connectivity index is 1.75. The van der Waals surface area contributed by atoms with Gasteiger partial charge < -0.3 is 25.4 Å². The number of ether oxygens (including phenoxy) is 2. The van der Waals surface area contributed by atoms with E-state index >= 15 is 0 Å².